The minimum absolute atomic E-state index is 0.207. The van der Waals surface area contributed by atoms with Crippen LogP contribution in [0.2, 0.25) is 0 Å². The standard InChI is InChI=1S/C10H16N2O2/c1-4-9(10(13)14-5-2)12-8(3)6-7-11-12/h6-7,9H,4-5H2,1-3H3. The fraction of sp³-hybridized carbons (Fsp3) is 0.600. The molecule has 0 N–H and O–H groups in total. The summed E-state index contributed by atoms with van der Waals surface area (Å²) in [5.74, 6) is -0.207. The molecule has 0 saturated heterocycles. The fourth-order valence-corrected chi connectivity index (χ4v) is 1.38. The second-order valence-corrected chi connectivity index (χ2v) is 3.09. The molecule has 0 spiro atoms. The number of hydrogen-bond acceptors (Lipinski definition) is 3. The number of carbonyl (C=O) groups excluding carboxylic acids is 1. The second-order valence-electron chi connectivity index (χ2n) is 3.09. The molecule has 1 rings (SSSR count). The first-order valence-corrected chi connectivity index (χ1v) is 4.87. The van der Waals surface area contributed by atoms with Crippen molar-refractivity contribution < 1.29 is 9.53 Å². The molecule has 0 radical (unpaired) electrons. The number of hydrogen-bond donors (Lipinski definition) is 0. The molecular weight excluding hydrogens is 180 g/mol. The first-order chi connectivity index (χ1) is 6.70. The lowest BCUT2D eigenvalue weighted by Crippen LogP contribution is -2.23. The number of ether oxygens (including phenoxy) is 1. The lowest BCUT2D eigenvalue weighted by atomic mass is 10.2. The molecule has 4 heteroatoms. The third-order valence-corrected chi connectivity index (χ3v) is 2.11. The van der Waals surface area contributed by atoms with Crippen LogP contribution in [0.1, 0.15) is 32.0 Å². The minimum atomic E-state index is -0.287. The molecule has 0 aliphatic carbocycles. The molecule has 0 saturated carbocycles. The van der Waals surface area contributed by atoms with Crippen molar-refractivity contribution >= 4 is 5.97 Å². The topological polar surface area (TPSA) is 44.1 Å². The first-order valence-electron chi connectivity index (χ1n) is 4.87. The molecule has 1 atom stereocenters. The Kier molecular flexibility index (Phi) is 3.68. The van der Waals surface area contributed by atoms with Gasteiger partial charge in [-0.3, -0.25) is 4.68 Å². The average Bonchev–Trinajstić information content (AvgIpc) is 2.54. The van der Waals surface area contributed by atoms with Crippen LogP contribution in [-0.4, -0.2) is 22.4 Å². The Morgan fingerprint density at radius 1 is 1.64 bits per heavy atom. The Morgan fingerprint density at radius 3 is 2.79 bits per heavy atom. The van der Waals surface area contributed by atoms with E-state index >= 15 is 0 Å². The van der Waals surface area contributed by atoms with Crippen molar-refractivity contribution in [2.45, 2.75) is 33.2 Å². The zero-order valence-electron chi connectivity index (χ0n) is 8.86. The van der Waals surface area contributed by atoms with Crippen LogP contribution in [0.3, 0.4) is 0 Å². The molecule has 0 bridgehead atoms. The lowest BCUT2D eigenvalue weighted by molar-refractivity contribution is -0.147. The lowest BCUT2D eigenvalue weighted by Gasteiger charge is -2.15. The maximum absolute atomic E-state index is 11.5. The summed E-state index contributed by atoms with van der Waals surface area (Å²) in [5.41, 5.74) is 0.977. The number of nitrogens with zero attached hydrogens (tertiary/aromatic N) is 2. The van der Waals surface area contributed by atoms with Gasteiger partial charge in [0.25, 0.3) is 0 Å². The highest BCUT2D eigenvalue weighted by molar-refractivity contribution is 5.74. The smallest absolute Gasteiger partial charge is 0.330 e. The zero-order valence-corrected chi connectivity index (χ0v) is 8.86. The van der Waals surface area contributed by atoms with Crippen molar-refractivity contribution in [2.24, 2.45) is 0 Å². The monoisotopic (exact) mass is 196 g/mol. The molecule has 1 aromatic rings. The van der Waals surface area contributed by atoms with Gasteiger partial charge in [-0.2, -0.15) is 5.10 Å². The molecule has 0 aliphatic heterocycles. The van der Waals surface area contributed by atoms with E-state index in [0.717, 1.165) is 5.69 Å². The van der Waals surface area contributed by atoms with Gasteiger partial charge in [0.05, 0.1) is 6.61 Å². The van der Waals surface area contributed by atoms with Crippen molar-refractivity contribution in [1.29, 1.82) is 0 Å². The van der Waals surface area contributed by atoms with Crippen LogP contribution in [0.25, 0.3) is 0 Å². The van der Waals surface area contributed by atoms with Crippen LogP contribution < -0.4 is 0 Å². The Labute approximate surface area is 83.9 Å². The largest absolute Gasteiger partial charge is 0.464 e. The van der Waals surface area contributed by atoms with E-state index in [2.05, 4.69) is 5.10 Å². The highest BCUT2D eigenvalue weighted by Crippen LogP contribution is 2.14. The Hall–Kier alpha value is -1.32. The molecule has 14 heavy (non-hydrogen) atoms. The predicted molar refractivity (Wildman–Crippen MR) is 52.9 cm³/mol. The van der Waals surface area contributed by atoms with Crippen molar-refractivity contribution in [3.05, 3.63) is 18.0 Å². The molecule has 0 aromatic carbocycles. The average molecular weight is 196 g/mol. The molecule has 1 heterocycles. The van der Waals surface area contributed by atoms with Gasteiger partial charge in [-0.05, 0) is 26.3 Å². The van der Waals surface area contributed by atoms with Crippen LogP contribution in [0.5, 0.6) is 0 Å². The van der Waals surface area contributed by atoms with Crippen LogP contribution in [0.15, 0.2) is 12.3 Å². The van der Waals surface area contributed by atoms with Gasteiger partial charge < -0.3 is 4.74 Å². The Bertz CT molecular complexity index is 307. The number of carbonyl (C=O) groups is 1. The Morgan fingerprint density at radius 2 is 2.36 bits per heavy atom. The van der Waals surface area contributed by atoms with Gasteiger partial charge in [0.2, 0.25) is 0 Å². The SMILES string of the molecule is CCOC(=O)C(CC)n1nccc1C. The van der Waals surface area contributed by atoms with E-state index < -0.39 is 0 Å². The van der Waals surface area contributed by atoms with E-state index in [4.69, 9.17) is 4.74 Å². The third-order valence-electron chi connectivity index (χ3n) is 2.11. The van der Waals surface area contributed by atoms with Gasteiger partial charge in [-0.25, -0.2) is 4.79 Å². The van der Waals surface area contributed by atoms with Gasteiger partial charge in [0.15, 0.2) is 0 Å². The molecule has 78 valence electrons. The van der Waals surface area contributed by atoms with E-state index in [1.54, 1.807) is 17.8 Å². The van der Waals surface area contributed by atoms with Crippen LogP contribution in [0.4, 0.5) is 0 Å². The summed E-state index contributed by atoms with van der Waals surface area (Å²) in [4.78, 5) is 11.5. The summed E-state index contributed by atoms with van der Waals surface area (Å²) in [5, 5.41) is 4.11. The van der Waals surface area contributed by atoms with Crippen molar-refractivity contribution in [3.63, 3.8) is 0 Å². The molecule has 0 aliphatic rings. The normalized spacial score (nSPS) is 12.5. The van der Waals surface area contributed by atoms with Crippen LogP contribution in [-0.2, 0) is 9.53 Å². The summed E-state index contributed by atoms with van der Waals surface area (Å²) in [6.07, 6.45) is 2.39. The van der Waals surface area contributed by atoms with Crippen LogP contribution in [0, 0.1) is 6.92 Å². The van der Waals surface area contributed by atoms with Crippen molar-refractivity contribution in [3.8, 4) is 0 Å². The van der Waals surface area contributed by atoms with Crippen molar-refractivity contribution in [2.75, 3.05) is 6.61 Å². The van der Waals surface area contributed by atoms with Gasteiger partial charge in [0.1, 0.15) is 6.04 Å². The molecule has 4 nitrogen and oxygen atoms in total. The summed E-state index contributed by atoms with van der Waals surface area (Å²) >= 11 is 0. The molecular formula is C10H16N2O2. The zero-order chi connectivity index (χ0) is 10.6. The quantitative estimate of drug-likeness (QED) is 0.688. The maximum atomic E-state index is 11.5. The van der Waals surface area contributed by atoms with Crippen molar-refractivity contribution in [1.82, 2.24) is 9.78 Å². The maximum Gasteiger partial charge on any atom is 0.330 e. The number of aromatic nitrogens is 2. The summed E-state index contributed by atoms with van der Waals surface area (Å²) in [6.45, 7) is 6.09. The number of aryl methyl sites for hydroxylation is 1. The highest BCUT2D eigenvalue weighted by atomic mass is 16.5. The molecule has 0 amide bonds. The van der Waals surface area contributed by atoms with E-state index in [1.165, 1.54) is 0 Å². The van der Waals surface area contributed by atoms with Gasteiger partial charge in [-0.1, -0.05) is 6.92 Å². The second kappa shape index (κ2) is 4.79. The van der Waals surface area contributed by atoms with Gasteiger partial charge in [-0.15, -0.1) is 0 Å². The van der Waals surface area contributed by atoms with Gasteiger partial charge >= 0.3 is 5.97 Å². The highest BCUT2D eigenvalue weighted by Gasteiger charge is 2.21. The summed E-state index contributed by atoms with van der Waals surface area (Å²) in [6, 6.07) is 1.59. The molecule has 1 unspecified atom stereocenters. The Balaban J connectivity index is 2.82. The van der Waals surface area contributed by atoms with E-state index in [9.17, 15) is 4.79 Å². The van der Waals surface area contributed by atoms with E-state index in [-0.39, 0.29) is 12.0 Å². The number of esters is 1. The molecule has 0 fully saturated rings. The van der Waals surface area contributed by atoms with Crippen LogP contribution >= 0.6 is 0 Å². The number of rotatable bonds is 4. The minimum Gasteiger partial charge on any atom is -0.464 e. The molecule has 1 aromatic heterocycles. The summed E-state index contributed by atoms with van der Waals surface area (Å²) < 4.78 is 6.68. The van der Waals surface area contributed by atoms with E-state index in [1.807, 2.05) is 19.9 Å². The first kappa shape index (κ1) is 10.8. The predicted octanol–water partition coefficient (Wildman–Crippen LogP) is 1.71. The fourth-order valence-electron chi connectivity index (χ4n) is 1.38. The third kappa shape index (κ3) is 2.13. The van der Waals surface area contributed by atoms with E-state index in [0.29, 0.717) is 13.0 Å². The van der Waals surface area contributed by atoms with Gasteiger partial charge in [0, 0.05) is 11.9 Å². The summed E-state index contributed by atoms with van der Waals surface area (Å²) in [7, 11) is 0.